The van der Waals surface area contributed by atoms with Gasteiger partial charge in [0.1, 0.15) is 11.6 Å². The van der Waals surface area contributed by atoms with Crippen molar-refractivity contribution >= 4 is 33.8 Å². The third kappa shape index (κ3) is 5.79. The lowest BCUT2D eigenvalue weighted by molar-refractivity contribution is -0.137. The molecule has 2 N–H and O–H groups in total. The number of nitrogens with zero attached hydrogens (tertiary/aromatic N) is 4. The molecule has 0 bridgehead atoms. The number of aromatic nitrogens is 2. The fourth-order valence-electron chi connectivity index (χ4n) is 5.60. The van der Waals surface area contributed by atoms with Crippen molar-refractivity contribution < 1.29 is 17.9 Å². The van der Waals surface area contributed by atoms with Crippen LogP contribution in [0.2, 0.25) is 0 Å². The van der Waals surface area contributed by atoms with Gasteiger partial charge in [0, 0.05) is 67.8 Å². The standard InChI is InChI=1S/C31H33F3N6O2/c1-2-38-11-13-40(14-12-38)27-19-25-26(21-3-5-22(6-4-21)31(32,33)34)20-35-30(41)28(25)29(37-27)36-23-7-9-24(10-8-23)39-15-17-42-18-16-39/h3-10,19-20H,2,11-18H2,1H3,(H,35,41)(H,36,37). The van der Waals surface area contributed by atoms with Gasteiger partial charge in [-0.25, -0.2) is 4.98 Å². The summed E-state index contributed by atoms with van der Waals surface area (Å²) < 4.78 is 45.2. The summed E-state index contributed by atoms with van der Waals surface area (Å²) in [6.45, 7) is 9.49. The second-order valence-corrected chi connectivity index (χ2v) is 10.6. The molecule has 0 spiro atoms. The van der Waals surface area contributed by atoms with Gasteiger partial charge >= 0.3 is 6.18 Å². The second-order valence-electron chi connectivity index (χ2n) is 10.6. The number of aromatic amines is 1. The van der Waals surface area contributed by atoms with Crippen LogP contribution in [0.25, 0.3) is 21.9 Å². The van der Waals surface area contributed by atoms with Crippen molar-refractivity contribution in [3.8, 4) is 11.1 Å². The van der Waals surface area contributed by atoms with Crippen molar-refractivity contribution in [1.82, 2.24) is 14.9 Å². The summed E-state index contributed by atoms with van der Waals surface area (Å²) in [6.07, 6.45) is -2.87. The van der Waals surface area contributed by atoms with Gasteiger partial charge in [-0.3, -0.25) is 4.79 Å². The summed E-state index contributed by atoms with van der Waals surface area (Å²) >= 11 is 0. The topological polar surface area (TPSA) is 76.7 Å². The average Bonchev–Trinajstić information content (AvgIpc) is 3.01. The van der Waals surface area contributed by atoms with Crippen molar-refractivity contribution in [2.75, 3.05) is 74.1 Å². The molecule has 0 radical (unpaired) electrons. The Labute approximate surface area is 241 Å². The number of alkyl halides is 3. The number of fused-ring (bicyclic) bond motifs is 1. The number of hydrogen-bond acceptors (Lipinski definition) is 7. The van der Waals surface area contributed by atoms with Crippen LogP contribution in [0.1, 0.15) is 12.5 Å². The zero-order valence-electron chi connectivity index (χ0n) is 23.4. The Morgan fingerprint density at radius 2 is 1.62 bits per heavy atom. The van der Waals surface area contributed by atoms with Crippen LogP contribution in [-0.4, -0.2) is 73.9 Å². The fraction of sp³-hybridized carbons (Fsp3) is 0.355. The largest absolute Gasteiger partial charge is 0.416 e. The van der Waals surface area contributed by atoms with E-state index in [1.807, 2.05) is 30.3 Å². The van der Waals surface area contributed by atoms with E-state index < -0.39 is 11.7 Å². The molecule has 8 nitrogen and oxygen atoms in total. The Bertz CT molecular complexity index is 1590. The first-order valence-electron chi connectivity index (χ1n) is 14.2. The molecule has 4 aromatic rings. The Morgan fingerprint density at radius 3 is 2.26 bits per heavy atom. The summed E-state index contributed by atoms with van der Waals surface area (Å²) in [4.78, 5) is 27.8. The minimum atomic E-state index is -4.43. The van der Waals surface area contributed by atoms with Gasteiger partial charge in [0.2, 0.25) is 0 Å². The molecule has 6 rings (SSSR count). The third-order valence-electron chi connectivity index (χ3n) is 8.04. The minimum Gasteiger partial charge on any atom is -0.378 e. The van der Waals surface area contributed by atoms with Crippen LogP contribution in [0.4, 0.5) is 36.2 Å². The Balaban J connectivity index is 1.42. The van der Waals surface area contributed by atoms with Gasteiger partial charge < -0.3 is 29.7 Å². The van der Waals surface area contributed by atoms with E-state index in [0.29, 0.717) is 46.7 Å². The molecule has 0 aliphatic carbocycles. The number of pyridine rings is 2. The summed E-state index contributed by atoms with van der Waals surface area (Å²) in [7, 11) is 0. The number of rotatable bonds is 6. The smallest absolute Gasteiger partial charge is 0.378 e. The summed E-state index contributed by atoms with van der Waals surface area (Å²) in [5, 5.41) is 4.33. The molecule has 0 saturated carbocycles. The lowest BCUT2D eigenvalue weighted by Gasteiger charge is -2.35. The number of halogens is 3. The lowest BCUT2D eigenvalue weighted by Crippen LogP contribution is -2.46. The molecule has 2 aliphatic heterocycles. The highest BCUT2D eigenvalue weighted by atomic mass is 19.4. The van der Waals surface area contributed by atoms with E-state index in [4.69, 9.17) is 9.72 Å². The van der Waals surface area contributed by atoms with Gasteiger partial charge in [0.05, 0.1) is 24.2 Å². The number of likely N-dealkylation sites (N-methyl/N-ethyl adjacent to an activating group) is 1. The van der Waals surface area contributed by atoms with Crippen molar-refractivity contribution in [1.29, 1.82) is 0 Å². The third-order valence-corrected chi connectivity index (χ3v) is 8.04. The number of hydrogen-bond donors (Lipinski definition) is 2. The molecule has 4 heterocycles. The number of benzene rings is 2. The van der Waals surface area contributed by atoms with Crippen LogP contribution in [0, 0.1) is 0 Å². The van der Waals surface area contributed by atoms with Gasteiger partial charge in [-0.15, -0.1) is 0 Å². The maximum atomic E-state index is 13.3. The minimum absolute atomic E-state index is 0.331. The van der Waals surface area contributed by atoms with Crippen LogP contribution < -0.4 is 20.7 Å². The SMILES string of the molecule is CCN1CCN(c2cc3c(-c4ccc(C(F)(F)F)cc4)c[nH]c(=O)c3c(Nc3ccc(N4CCOCC4)cc3)n2)CC1. The van der Waals surface area contributed by atoms with Crippen LogP contribution in [0.5, 0.6) is 0 Å². The first-order valence-corrected chi connectivity index (χ1v) is 14.2. The first-order chi connectivity index (χ1) is 20.3. The van der Waals surface area contributed by atoms with Crippen molar-refractivity contribution in [2.24, 2.45) is 0 Å². The Hall–Kier alpha value is -4.09. The molecule has 2 aromatic heterocycles. The van der Waals surface area contributed by atoms with Crippen LogP contribution in [0.3, 0.4) is 0 Å². The van der Waals surface area contributed by atoms with Crippen LogP contribution in [-0.2, 0) is 10.9 Å². The summed E-state index contributed by atoms with van der Waals surface area (Å²) in [5.74, 6) is 1.11. The van der Waals surface area contributed by atoms with Crippen LogP contribution in [0.15, 0.2) is 65.6 Å². The Kier molecular flexibility index (Phi) is 7.78. The highest BCUT2D eigenvalue weighted by Gasteiger charge is 2.30. The van der Waals surface area contributed by atoms with E-state index in [1.165, 1.54) is 12.1 Å². The molecule has 220 valence electrons. The maximum Gasteiger partial charge on any atom is 0.416 e. The molecule has 2 aliphatic rings. The molecule has 0 amide bonds. The lowest BCUT2D eigenvalue weighted by atomic mass is 10.00. The molecule has 0 unspecified atom stereocenters. The average molecular weight is 579 g/mol. The predicted molar refractivity (Wildman–Crippen MR) is 160 cm³/mol. The van der Waals surface area contributed by atoms with E-state index in [0.717, 1.165) is 69.3 Å². The number of H-pyrrole nitrogens is 1. The van der Waals surface area contributed by atoms with E-state index >= 15 is 0 Å². The quantitative estimate of drug-likeness (QED) is 0.320. The highest BCUT2D eigenvalue weighted by Crippen LogP contribution is 2.36. The van der Waals surface area contributed by atoms with Crippen LogP contribution >= 0.6 is 0 Å². The molecule has 2 aromatic carbocycles. The monoisotopic (exact) mass is 578 g/mol. The molecular formula is C31H33F3N6O2. The zero-order valence-corrected chi connectivity index (χ0v) is 23.4. The molecule has 2 saturated heterocycles. The molecule has 2 fully saturated rings. The van der Waals surface area contributed by atoms with Gasteiger partial charge in [0.15, 0.2) is 0 Å². The summed E-state index contributed by atoms with van der Waals surface area (Å²) in [5.41, 5.74) is 2.00. The van der Waals surface area contributed by atoms with Gasteiger partial charge in [-0.1, -0.05) is 19.1 Å². The van der Waals surface area contributed by atoms with E-state index in [-0.39, 0.29) is 5.56 Å². The van der Waals surface area contributed by atoms with Gasteiger partial charge in [-0.2, -0.15) is 13.2 Å². The number of morpholine rings is 1. The normalized spacial score (nSPS) is 16.7. The van der Waals surface area contributed by atoms with Crippen molar-refractivity contribution in [3.05, 3.63) is 76.7 Å². The molecule has 11 heteroatoms. The maximum absolute atomic E-state index is 13.3. The van der Waals surface area contributed by atoms with Gasteiger partial charge in [-0.05, 0) is 54.6 Å². The number of anilines is 4. The molecule has 0 atom stereocenters. The van der Waals surface area contributed by atoms with Crippen molar-refractivity contribution in [2.45, 2.75) is 13.1 Å². The number of nitrogens with one attached hydrogen (secondary N) is 2. The van der Waals surface area contributed by atoms with E-state index in [2.05, 4.69) is 31.9 Å². The number of ether oxygens (including phenoxy) is 1. The highest BCUT2D eigenvalue weighted by molar-refractivity contribution is 6.03. The molecule has 42 heavy (non-hydrogen) atoms. The van der Waals surface area contributed by atoms with Crippen molar-refractivity contribution in [3.63, 3.8) is 0 Å². The molecular weight excluding hydrogens is 545 g/mol. The Morgan fingerprint density at radius 1 is 0.929 bits per heavy atom. The van der Waals surface area contributed by atoms with Gasteiger partial charge in [0.25, 0.3) is 5.56 Å². The van der Waals surface area contributed by atoms with E-state index in [1.54, 1.807) is 6.20 Å². The second kappa shape index (κ2) is 11.7. The first kappa shape index (κ1) is 28.0. The number of piperazine rings is 1. The predicted octanol–water partition coefficient (Wildman–Crippen LogP) is 5.33. The zero-order chi connectivity index (χ0) is 29.3. The summed E-state index contributed by atoms with van der Waals surface area (Å²) in [6, 6.07) is 14.9. The van der Waals surface area contributed by atoms with E-state index in [9.17, 15) is 18.0 Å². The fourth-order valence-corrected chi connectivity index (χ4v) is 5.60.